The molecule has 0 aromatic heterocycles. The third kappa shape index (κ3) is 17.5. The van der Waals surface area contributed by atoms with Crippen LogP contribution in [0.1, 0.15) is 52.2 Å². The molecular formula is C41H60N8O14. The number of carboxylic acid groups (broad SMARTS) is 1. The van der Waals surface area contributed by atoms with Gasteiger partial charge in [-0.1, -0.05) is 52.0 Å². The number of carboxylic acids is 1. The Balaban J connectivity index is 2.13. The number of aliphatic carboxylic acids is 1. The van der Waals surface area contributed by atoms with Crippen LogP contribution in [-0.4, -0.2) is 146 Å². The highest BCUT2D eigenvalue weighted by Gasteiger charge is 2.34. The summed E-state index contributed by atoms with van der Waals surface area (Å²) in [5.74, 6) is -8.89. The molecule has 0 saturated carbocycles. The molecule has 2 aromatic rings. The van der Waals surface area contributed by atoms with Crippen LogP contribution in [0.4, 0.5) is 0 Å². The largest absolute Gasteiger partial charge is 0.508 e. The highest BCUT2D eigenvalue weighted by Crippen LogP contribution is 2.14. The molecule has 2 rings (SSSR count). The van der Waals surface area contributed by atoms with E-state index in [0.29, 0.717) is 11.1 Å². The van der Waals surface area contributed by atoms with Crippen LogP contribution >= 0.6 is 0 Å². The van der Waals surface area contributed by atoms with Crippen LogP contribution in [0.5, 0.6) is 11.5 Å². The third-order valence-electron chi connectivity index (χ3n) is 9.51. The number of aromatic hydroxyl groups is 2. The predicted molar refractivity (Wildman–Crippen MR) is 224 cm³/mol. The molecule has 8 atom stereocenters. The number of phenols is 2. The first kappa shape index (κ1) is 52.8. The average Bonchev–Trinajstić information content (AvgIpc) is 3.22. The van der Waals surface area contributed by atoms with E-state index in [-0.39, 0.29) is 36.7 Å². The van der Waals surface area contributed by atoms with Crippen molar-refractivity contribution in [3.05, 3.63) is 59.7 Å². The van der Waals surface area contributed by atoms with Gasteiger partial charge in [-0.25, -0.2) is 4.79 Å². The lowest BCUT2D eigenvalue weighted by molar-refractivity contribution is -0.143. The SMILES string of the molecule is CC(C)C[C@H](NC(=O)[C@H](CO)NC(=O)[C@@H](NC(=O)[C@H](C)NC(=O)[C@H](CO)NC(=O)[C@@H](N)Cc1ccc(O)cc1)C(C)C)C(=O)N[C@@H](Cc1ccc(O)cc1)C(=O)N[C@@H](CO)C(=O)O. The van der Waals surface area contributed by atoms with Gasteiger partial charge < -0.3 is 73.6 Å². The number of phenolic OH excluding ortho intramolecular Hbond substituents is 2. The van der Waals surface area contributed by atoms with Gasteiger partial charge in [0.05, 0.1) is 25.9 Å². The minimum Gasteiger partial charge on any atom is -0.508 e. The van der Waals surface area contributed by atoms with E-state index in [1.807, 2.05) is 0 Å². The second-order valence-electron chi connectivity index (χ2n) is 15.6. The van der Waals surface area contributed by atoms with Gasteiger partial charge in [-0.3, -0.25) is 33.6 Å². The summed E-state index contributed by atoms with van der Waals surface area (Å²) in [7, 11) is 0. The van der Waals surface area contributed by atoms with Gasteiger partial charge in [0.1, 0.15) is 53.8 Å². The highest BCUT2D eigenvalue weighted by atomic mass is 16.4. The summed E-state index contributed by atoms with van der Waals surface area (Å²) in [6.07, 6.45) is -0.161. The Bertz CT molecular complexity index is 1880. The number of carbonyl (C=O) groups is 8. The lowest BCUT2D eigenvalue weighted by Crippen LogP contribution is -2.61. The van der Waals surface area contributed by atoms with Crippen LogP contribution in [0.3, 0.4) is 0 Å². The van der Waals surface area contributed by atoms with Crippen molar-refractivity contribution in [3.63, 3.8) is 0 Å². The summed E-state index contributed by atoms with van der Waals surface area (Å²) in [4.78, 5) is 104. The van der Waals surface area contributed by atoms with E-state index in [1.165, 1.54) is 43.3 Å². The molecule has 0 bridgehead atoms. The number of hydrogen-bond donors (Lipinski definition) is 14. The zero-order valence-electron chi connectivity index (χ0n) is 35.7. The summed E-state index contributed by atoms with van der Waals surface area (Å²) in [5, 5.41) is 74.5. The average molecular weight is 889 g/mol. The second-order valence-corrected chi connectivity index (χ2v) is 15.6. The first-order valence-electron chi connectivity index (χ1n) is 20.1. The van der Waals surface area contributed by atoms with E-state index in [4.69, 9.17) is 5.73 Å². The molecule has 0 saturated heterocycles. The number of benzene rings is 2. The minimum atomic E-state index is -1.70. The van der Waals surface area contributed by atoms with Crippen molar-refractivity contribution < 1.29 is 69.0 Å². The molecule has 2 aromatic carbocycles. The molecule has 0 unspecified atom stereocenters. The van der Waals surface area contributed by atoms with Crippen LogP contribution < -0.4 is 43.0 Å². The zero-order valence-corrected chi connectivity index (χ0v) is 35.7. The first-order valence-corrected chi connectivity index (χ1v) is 20.1. The summed E-state index contributed by atoms with van der Waals surface area (Å²) < 4.78 is 0. The second kappa shape index (κ2) is 25.5. The van der Waals surface area contributed by atoms with Crippen molar-refractivity contribution in [1.29, 1.82) is 0 Å². The van der Waals surface area contributed by atoms with E-state index in [1.54, 1.807) is 39.8 Å². The maximum Gasteiger partial charge on any atom is 0.328 e. The molecule has 0 heterocycles. The number of amides is 7. The van der Waals surface area contributed by atoms with E-state index in [2.05, 4.69) is 37.2 Å². The van der Waals surface area contributed by atoms with Gasteiger partial charge in [-0.2, -0.15) is 0 Å². The highest BCUT2D eigenvalue weighted by molar-refractivity contribution is 5.97. The number of hydrogen-bond acceptors (Lipinski definition) is 14. The molecule has 63 heavy (non-hydrogen) atoms. The van der Waals surface area contributed by atoms with Crippen LogP contribution in [0.25, 0.3) is 0 Å². The number of carbonyl (C=O) groups excluding carboxylic acids is 7. The van der Waals surface area contributed by atoms with Gasteiger partial charge in [0.2, 0.25) is 41.4 Å². The Labute approximate surface area is 363 Å². The lowest BCUT2D eigenvalue weighted by Gasteiger charge is -2.28. The molecule has 22 heteroatoms. The molecule has 7 amide bonds. The van der Waals surface area contributed by atoms with E-state index in [9.17, 15) is 69.0 Å². The Morgan fingerprint density at radius 1 is 0.492 bits per heavy atom. The zero-order chi connectivity index (χ0) is 47.6. The van der Waals surface area contributed by atoms with Crippen molar-refractivity contribution in [2.24, 2.45) is 17.6 Å². The summed E-state index contributed by atoms with van der Waals surface area (Å²) in [6.45, 7) is 5.09. The van der Waals surface area contributed by atoms with E-state index < -0.39 is 121 Å². The number of aliphatic hydroxyl groups excluding tert-OH is 3. The first-order chi connectivity index (χ1) is 29.6. The monoisotopic (exact) mass is 888 g/mol. The number of nitrogens with one attached hydrogen (secondary N) is 7. The molecular weight excluding hydrogens is 828 g/mol. The van der Waals surface area contributed by atoms with Gasteiger partial charge in [0.25, 0.3) is 0 Å². The summed E-state index contributed by atoms with van der Waals surface area (Å²) in [5.41, 5.74) is 7.03. The maximum atomic E-state index is 13.7. The lowest BCUT2D eigenvalue weighted by atomic mass is 10.00. The molecule has 0 fully saturated rings. The molecule has 0 aliphatic rings. The van der Waals surface area contributed by atoms with Crippen molar-refractivity contribution in [2.45, 2.75) is 102 Å². The predicted octanol–water partition coefficient (Wildman–Crippen LogP) is -3.61. The molecule has 0 aliphatic carbocycles. The molecule has 15 N–H and O–H groups in total. The standard InChI is InChI=1S/C41H60N8O14/c1-20(2)14-28(36(57)45-29(16-24-8-12-26(54)13-9-24)37(58)48-32(19-52)41(62)63)44-39(60)31(18-51)47-40(61)33(21(3)4)49-34(55)22(5)43-38(59)30(17-50)46-35(56)27(42)15-23-6-10-25(53)11-7-23/h6-13,20-22,27-33,50-54H,14-19,42H2,1-5H3,(H,43,59)(H,44,60)(H,45,57)(H,46,56)(H,47,61)(H,48,58)(H,49,55)(H,62,63)/t22-,27-,28-,29-,30-,31-,32-,33-/m0/s1. The molecule has 0 aliphatic heterocycles. The fourth-order valence-corrected chi connectivity index (χ4v) is 5.88. The Morgan fingerprint density at radius 2 is 0.889 bits per heavy atom. The van der Waals surface area contributed by atoms with Crippen molar-refractivity contribution in [3.8, 4) is 11.5 Å². The van der Waals surface area contributed by atoms with Gasteiger partial charge in [0.15, 0.2) is 0 Å². The van der Waals surface area contributed by atoms with E-state index in [0.717, 1.165) is 0 Å². The Kier molecular flexibility index (Phi) is 21.4. The minimum absolute atomic E-state index is 0.00662. The van der Waals surface area contributed by atoms with Gasteiger partial charge >= 0.3 is 5.97 Å². The molecule has 0 radical (unpaired) electrons. The smallest absolute Gasteiger partial charge is 0.328 e. The van der Waals surface area contributed by atoms with Crippen LogP contribution in [0.15, 0.2) is 48.5 Å². The van der Waals surface area contributed by atoms with Crippen molar-refractivity contribution in [1.82, 2.24) is 37.2 Å². The van der Waals surface area contributed by atoms with E-state index >= 15 is 0 Å². The van der Waals surface area contributed by atoms with Gasteiger partial charge in [0, 0.05) is 6.42 Å². The summed E-state index contributed by atoms with van der Waals surface area (Å²) in [6, 6.07) is 0.0433. The fraction of sp³-hybridized carbons (Fsp3) is 0.512. The molecule has 348 valence electrons. The Morgan fingerprint density at radius 3 is 1.35 bits per heavy atom. The van der Waals surface area contributed by atoms with Gasteiger partial charge in [-0.05, 0) is 67.0 Å². The van der Waals surface area contributed by atoms with Crippen LogP contribution in [-0.2, 0) is 51.2 Å². The van der Waals surface area contributed by atoms with Crippen LogP contribution in [0.2, 0.25) is 0 Å². The number of rotatable bonds is 25. The Hall–Kier alpha value is -6.36. The quantitative estimate of drug-likeness (QED) is 0.0458. The molecule has 0 spiro atoms. The topological polar surface area (TPSA) is 368 Å². The normalized spacial score (nSPS) is 15.0. The number of nitrogens with two attached hydrogens (primary N) is 1. The fourth-order valence-electron chi connectivity index (χ4n) is 5.88. The summed E-state index contributed by atoms with van der Waals surface area (Å²) >= 11 is 0. The third-order valence-corrected chi connectivity index (χ3v) is 9.51. The van der Waals surface area contributed by atoms with Gasteiger partial charge in [-0.15, -0.1) is 0 Å². The number of aliphatic hydroxyl groups is 3. The molecule has 22 nitrogen and oxygen atoms in total. The van der Waals surface area contributed by atoms with Crippen LogP contribution in [0, 0.1) is 11.8 Å². The van der Waals surface area contributed by atoms with Crippen molar-refractivity contribution >= 4 is 47.3 Å². The maximum absolute atomic E-state index is 13.7. The van der Waals surface area contributed by atoms with Crippen molar-refractivity contribution in [2.75, 3.05) is 19.8 Å².